The Morgan fingerprint density at radius 2 is 1.76 bits per heavy atom. The van der Waals surface area contributed by atoms with E-state index >= 15 is 0 Å². The van der Waals surface area contributed by atoms with Crippen molar-refractivity contribution in [2.75, 3.05) is 32.8 Å². The maximum Gasteiger partial charge on any atom is 0.326 e. The lowest BCUT2D eigenvalue weighted by Gasteiger charge is -2.38. The van der Waals surface area contributed by atoms with Gasteiger partial charge in [0.25, 0.3) is 5.91 Å². The van der Waals surface area contributed by atoms with Crippen LogP contribution in [0.4, 0.5) is 4.79 Å². The topological polar surface area (TPSA) is 90.0 Å². The number of carbonyl (C=O) groups excluding carboxylic acids is 2. The number of rotatable bonds is 4. The highest BCUT2D eigenvalue weighted by molar-refractivity contribution is 7.89. The fourth-order valence-corrected chi connectivity index (χ4v) is 6.12. The molecule has 1 aliphatic carbocycles. The van der Waals surface area contributed by atoms with Gasteiger partial charge in [-0.15, -0.1) is 0 Å². The van der Waals surface area contributed by atoms with Gasteiger partial charge < -0.3 is 5.32 Å². The first-order valence-electron chi connectivity index (χ1n) is 10.3. The fraction of sp³-hybridized carbons (Fsp3) is 0.600. The zero-order valence-corrected chi connectivity index (χ0v) is 17.5. The van der Waals surface area contributed by atoms with Crippen molar-refractivity contribution in [3.05, 3.63) is 30.3 Å². The van der Waals surface area contributed by atoms with Crippen LogP contribution in [0.2, 0.25) is 0 Å². The monoisotopic (exact) mass is 420 g/mol. The Hall–Kier alpha value is -1.97. The molecule has 0 aromatic heterocycles. The summed E-state index contributed by atoms with van der Waals surface area (Å²) in [6.07, 6.45) is 3.67. The first-order valence-corrected chi connectivity index (χ1v) is 11.7. The molecule has 1 aromatic carbocycles. The van der Waals surface area contributed by atoms with E-state index in [1.165, 1.54) is 9.21 Å². The highest BCUT2D eigenvalue weighted by atomic mass is 32.2. The molecule has 1 saturated carbocycles. The minimum Gasteiger partial charge on any atom is -0.323 e. The minimum absolute atomic E-state index is 0.130. The molecular weight excluding hydrogens is 392 g/mol. The number of hydrogen-bond donors (Lipinski definition) is 1. The highest BCUT2D eigenvalue weighted by Crippen LogP contribution is 2.38. The van der Waals surface area contributed by atoms with Gasteiger partial charge in [-0.1, -0.05) is 38.0 Å². The smallest absolute Gasteiger partial charge is 0.323 e. The van der Waals surface area contributed by atoms with Crippen molar-refractivity contribution in [2.45, 2.75) is 43.0 Å². The lowest BCUT2D eigenvalue weighted by atomic mass is 9.73. The van der Waals surface area contributed by atoms with Gasteiger partial charge >= 0.3 is 6.03 Å². The van der Waals surface area contributed by atoms with Crippen LogP contribution in [0, 0.1) is 5.92 Å². The van der Waals surface area contributed by atoms with Crippen molar-refractivity contribution in [3.63, 3.8) is 0 Å². The van der Waals surface area contributed by atoms with Crippen LogP contribution in [0.3, 0.4) is 0 Å². The predicted octanol–water partition coefficient (Wildman–Crippen LogP) is 1.45. The molecule has 1 aromatic rings. The Morgan fingerprint density at radius 3 is 2.41 bits per heavy atom. The molecule has 1 spiro atoms. The summed E-state index contributed by atoms with van der Waals surface area (Å²) in [5, 5.41) is 2.97. The lowest BCUT2D eigenvalue weighted by Crippen LogP contribution is -2.55. The van der Waals surface area contributed by atoms with Crippen LogP contribution in [-0.2, 0) is 14.8 Å². The summed E-state index contributed by atoms with van der Waals surface area (Å²) in [4.78, 5) is 29.2. The molecule has 8 nitrogen and oxygen atoms in total. The molecule has 3 fully saturated rings. The number of piperazine rings is 1. The van der Waals surface area contributed by atoms with Gasteiger partial charge in [-0.3, -0.25) is 9.69 Å². The van der Waals surface area contributed by atoms with Crippen LogP contribution in [0.15, 0.2) is 35.2 Å². The number of imide groups is 1. The van der Waals surface area contributed by atoms with E-state index in [0.717, 1.165) is 19.3 Å². The Bertz CT molecular complexity index is 883. The van der Waals surface area contributed by atoms with Gasteiger partial charge in [0.05, 0.1) is 11.6 Å². The van der Waals surface area contributed by atoms with Gasteiger partial charge in [-0.2, -0.15) is 4.31 Å². The summed E-state index contributed by atoms with van der Waals surface area (Å²) < 4.78 is 27.0. The van der Waals surface area contributed by atoms with Crippen LogP contribution < -0.4 is 5.32 Å². The molecule has 0 radical (unpaired) electrons. The number of amides is 3. The second-order valence-corrected chi connectivity index (χ2v) is 10.2. The summed E-state index contributed by atoms with van der Waals surface area (Å²) in [5.41, 5.74) is -0.756. The van der Waals surface area contributed by atoms with E-state index in [1.54, 1.807) is 30.3 Å². The number of urea groups is 1. The van der Waals surface area contributed by atoms with Gasteiger partial charge in [-0.05, 0) is 30.9 Å². The first kappa shape index (κ1) is 20.3. The van der Waals surface area contributed by atoms with Gasteiger partial charge in [-0.25, -0.2) is 18.1 Å². The van der Waals surface area contributed by atoms with E-state index in [4.69, 9.17) is 0 Å². The SMILES string of the molecule is C[C@H]1CCCC[C@]12NC(=O)N(CN1CCN(S(=O)(=O)c3ccccc3)CC1)C2=O. The maximum atomic E-state index is 13.1. The molecule has 158 valence electrons. The van der Waals surface area contributed by atoms with Gasteiger partial charge in [0.15, 0.2) is 0 Å². The Balaban J connectivity index is 1.39. The number of nitrogens with one attached hydrogen (secondary N) is 1. The third-order valence-corrected chi connectivity index (χ3v) is 8.47. The summed E-state index contributed by atoms with van der Waals surface area (Å²) in [6, 6.07) is 8.07. The third kappa shape index (κ3) is 3.55. The van der Waals surface area contributed by atoms with Crippen LogP contribution in [0.25, 0.3) is 0 Å². The molecule has 3 amide bonds. The highest BCUT2D eigenvalue weighted by Gasteiger charge is 2.55. The van der Waals surface area contributed by atoms with Crippen molar-refractivity contribution < 1.29 is 18.0 Å². The molecule has 9 heteroatoms. The predicted molar refractivity (Wildman–Crippen MR) is 107 cm³/mol. The Morgan fingerprint density at radius 1 is 1.07 bits per heavy atom. The zero-order chi connectivity index (χ0) is 20.6. The van der Waals surface area contributed by atoms with Crippen LogP contribution in [0.5, 0.6) is 0 Å². The van der Waals surface area contributed by atoms with Crippen LogP contribution >= 0.6 is 0 Å². The second kappa shape index (κ2) is 7.70. The summed E-state index contributed by atoms with van der Waals surface area (Å²) in [6.45, 7) is 3.87. The van der Waals surface area contributed by atoms with Crippen molar-refractivity contribution in [2.24, 2.45) is 5.92 Å². The third-order valence-electron chi connectivity index (χ3n) is 6.56. The molecule has 2 saturated heterocycles. The summed E-state index contributed by atoms with van der Waals surface area (Å²) in [5.74, 6) is -0.000371. The van der Waals surface area contributed by atoms with Gasteiger partial charge in [0.1, 0.15) is 5.54 Å². The van der Waals surface area contributed by atoms with Crippen molar-refractivity contribution >= 4 is 22.0 Å². The minimum atomic E-state index is -3.52. The largest absolute Gasteiger partial charge is 0.326 e. The van der Waals surface area contributed by atoms with Crippen LogP contribution in [0.1, 0.15) is 32.6 Å². The second-order valence-electron chi connectivity index (χ2n) is 8.26. The molecule has 29 heavy (non-hydrogen) atoms. The zero-order valence-electron chi connectivity index (χ0n) is 16.7. The lowest BCUT2D eigenvalue weighted by molar-refractivity contribution is -0.135. The van der Waals surface area contributed by atoms with Crippen molar-refractivity contribution in [3.8, 4) is 0 Å². The Kier molecular flexibility index (Phi) is 5.39. The Labute approximate surface area is 171 Å². The molecule has 0 bridgehead atoms. The van der Waals surface area contributed by atoms with E-state index in [-0.39, 0.29) is 29.4 Å². The molecule has 2 heterocycles. The fourth-order valence-electron chi connectivity index (χ4n) is 4.68. The molecular formula is C20H28N4O4S. The molecule has 2 aliphatic heterocycles. The maximum absolute atomic E-state index is 13.1. The molecule has 0 unspecified atom stereocenters. The number of benzene rings is 1. The quantitative estimate of drug-likeness (QED) is 0.745. The summed E-state index contributed by atoms with van der Waals surface area (Å²) in [7, 11) is -3.52. The normalized spacial score (nSPS) is 29.4. The number of carbonyl (C=O) groups is 2. The van der Waals surface area contributed by atoms with E-state index in [2.05, 4.69) is 5.32 Å². The van der Waals surface area contributed by atoms with Crippen molar-refractivity contribution in [1.82, 2.24) is 19.4 Å². The number of sulfonamides is 1. The standard InChI is InChI=1S/C20H28N4O4S/c1-16-7-5-6-10-20(16)18(25)24(19(26)21-20)15-22-11-13-23(14-12-22)29(27,28)17-8-3-2-4-9-17/h2-4,8-9,16H,5-7,10-15H2,1H3,(H,21,26)/t16-,20-/m0/s1. The van der Waals surface area contributed by atoms with Gasteiger partial charge in [0.2, 0.25) is 10.0 Å². The summed E-state index contributed by atoms with van der Waals surface area (Å²) >= 11 is 0. The first-order chi connectivity index (χ1) is 13.8. The van der Waals surface area contributed by atoms with Crippen LogP contribution in [-0.4, -0.2) is 72.8 Å². The molecule has 3 aliphatic rings. The van der Waals surface area contributed by atoms with E-state index < -0.39 is 15.6 Å². The van der Waals surface area contributed by atoms with E-state index in [9.17, 15) is 18.0 Å². The van der Waals surface area contributed by atoms with E-state index in [1.807, 2.05) is 11.8 Å². The molecule has 1 N–H and O–H groups in total. The number of nitrogens with zero attached hydrogens (tertiary/aromatic N) is 3. The van der Waals surface area contributed by atoms with Crippen molar-refractivity contribution in [1.29, 1.82) is 0 Å². The van der Waals surface area contributed by atoms with E-state index in [0.29, 0.717) is 32.6 Å². The van der Waals surface area contributed by atoms with Gasteiger partial charge in [0, 0.05) is 26.2 Å². The molecule has 2 atom stereocenters. The number of hydrogen-bond acceptors (Lipinski definition) is 5. The average molecular weight is 421 g/mol. The average Bonchev–Trinajstić information content (AvgIpc) is 2.96. The molecule has 4 rings (SSSR count).